The summed E-state index contributed by atoms with van der Waals surface area (Å²) >= 11 is 5.89. The quantitative estimate of drug-likeness (QED) is 0.757. The standard InChI is InChI=1S/C12H11ClO/c1-8(14)10-3-2-9-4-5-12(13)7-11(9)6-10/h2-8,14H,1H3/t8-/m0/s1. The minimum absolute atomic E-state index is 0.432. The Labute approximate surface area is 87.9 Å². The fourth-order valence-corrected chi connectivity index (χ4v) is 1.68. The summed E-state index contributed by atoms with van der Waals surface area (Å²) in [7, 11) is 0. The zero-order valence-corrected chi connectivity index (χ0v) is 8.62. The van der Waals surface area contributed by atoms with Crippen molar-refractivity contribution in [1.82, 2.24) is 0 Å². The van der Waals surface area contributed by atoms with Gasteiger partial charge in [0.25, 0.3) is 0 Å². The van der Waals surface area contributed by atoms with Crippen LogP contribution >= 0.6 is 11.6 Å². The van der Waals surface area contributed by atoms with Crippen molar-refractivity contribution in [3.05, 3.63) is 47.0 Å². The molecule has 2 aromatic rings. The molecule has 1 N–H and O–H groups in total. The third kappa shape index (κ3) is 1.74. The number of aliphatic hydroxyl groups is 1. The number of hydrogen-bond donors (Lipinski definition) is 1. The molecule has 0 fully saturated rings. The normalized spacial score (nSPS) is 13.1. The molecule has 1 atom stereocenters. The van der Waals surface area contributed by atoms with Crippen LogP contribution in [0, 0.1) is 0 Å². The molecule has 0 aliphatic rings. The lowest BCUT2D eigenvalue weighted by atomic mass is 10.0. The van der Waals surface area contributed by atoms with Crippen LogP contribution in [0.4, 0.5) is 0 Å². The summed E-state index contributed by atoms with van der Waals surface area (Å²) in [6.07, 6.45) is -0.432. The van der Waals surface area contributed by atoms with E-state index in [1.54, 1.807) is 6.92 Å². The molecule has 2 aromatic carbocycles. The largest absolute Gasteiger partial charge is 0.389 e. The van der Waals surface area contributed by atoms with Crippen LogP contribution in [-0.2, 0) is 0 Å². The average Bonchev–Trinajstić information content (AvgIpc) is 2.16. The van der Waals surface area contributed by atoms with Gasteiger partial charge in [0.05, 0.1) is 6.10 Å². The van der Waals surface area contributed by atoms with E-state index in [2.05, 4.69) is 0 Å². The van der Waals surface area contributed by atoms with Gasteiger partial charge in [0.2, 0.25) is 0 Å². The van der Waals surface area contributed by atoms with Gasteiger partial charge in [-0.25, -0.2) is 0 Å². The summed E-state index contributed by atoms with van der Waals surface area (Å²) in [5.41, 5.74) is 0.916. The summed E-state index contributed by atoms with van der Waals surface area (Å²) in [5.74, 6) is 0. The highest BCUT2D eigenvalue weighted by molar-refractivity contribution is 6.31. The van der Waals surface area contributed by atoms with E-state index < -0.39 is 6.10 Å². The molecule has 0 unspecified atom stereocenters. The second-order valence-electron chi connectivity index (χ2n) is 3.43. The predicted molar refractivity (Wildman–Crippen MR) is 59.6 cm³/mol. The van der Waals surface area contributed by atoms with Gasteiger partial charge >= 0.3 is 0 Å². The Morgan fingerprint density at radius 3 is 2.50 bits per heavy atom. The molecule has 2 heteroatoms. The fraction of sp³-hybridized carbons (Fsp3) is 0.167. The second-order valence-corrected chi connectivity index (χ2v) is 3.86. The van der Waals surface area contributed by atoms with Gasteiger partial charge < -0.3 is 5.11 Å². The van der Waals surface area contributed by atoms with Crippen LogP contribution in [0.3, 0.4) is 0 Å². The zero-order chi connectivity index (χ0) is 10.1. The number of halogens is 1. The van der Waals surface area contributed by atoms with E-state index in [-0.39, 0.29) is 0 Å². The Morgan fingerprint density at radius 1 is 1.07 bits per heavy atom. The Bertz CT molecular complexity index is 463. The van der Waals surface area contributed by atoms with E-state index in [0.29, 0.717) is 0 Å². The van der Waals surface area contributed by atoms with Crippen LogP contribution in [-0.4, -0.2) is 5.11 Å². The Kier molecular flexibility index (Phi) is 2.44. The van der Waals surface area contributed by atoms with E-state index in [4.69, 9.17) is 11.6 Å². The Hall–Kier alpha value is -1.05. The third-order valence-electron chi connectivity index (χ3n) is 2.31. The highest BCUT2D eigenvalue weighted by Crippen LogP contribution is 2.23. The molecule has 72 valence electrons. The first-order valence-electron chi connectivity index (χ1n) is 4.54. The number of fused-ring (bicyclic) bond motifs is 1. The minimum atomic E-state index is -0.432. The smallest absolute Gasteiger partial charge is 0.0762 e. The van der Waals surface area contributed by atoms with Gasteiger partial charge in [0.1, 0.15) is 0 Å². The van der Waals surface area contributed by atoms with Crippen LogP contribution in [0.15, 0.2) is 36.4 Å². The second kappa shape index (κ2) is 3.60. The first-order valence-corrected chi connectivity index (χ1v) is 4.92. The van der Waals surface area contributed by atoms with Gasteiger partial charge in [-0.15, -0.1) is 0 Å². The molecule has 0 aliphatic carbocycles. The molecule has 14 heavy (non-hydrogen) atoms. The van der Waals surface area contributed by atoms with Crippen LogP contribution in [0.5, 0.6) is 0 Å². The van der Waals surface area contributed by atoms with Gasteiger partial charge in [-0.3, -0.25) is 0 Å². The molecule has 0 heterocycles. The molecule has 0 spiro atoms. The van der Waals surface area contributed by atoms with E-state index in [9.17, 15) is 5.11 Å². The van der Waals surface area contributed by atoms with Crippen LogP contribution in [0.25, 0.3) is 10.8 Å². The predicted octanol–water partition coefficient (Wildman–Crippen LogP) is 3.55. The molecule has 0 saturated carbocycles. The van der Waals surface area contributed by atoms with Gasteiger partial charge in [-0.2, -0.15) is 0 Å². The van der Waals surface area contributed by atoms with E-state index in [1.165, 1.54) is 0 Å². The number of rotatable bonds is 1. The summed E-state index contributed by atoms with van der Waals surface area (Å²) < 4.78 is 0. The molecule has 1 nitrogen and oxygen atoms in total. The van der Waals surface area contributed by atoms with Crippen molar-refractivity contribution < 1.29 is 5.11 Å². The molecule has 2 rings (SSSR count). The molecule has 0 aromatic heterocycles. The van der Waals surface area contributed by atoms with Crippen molar-refractivity contribution in [2.75, 3.05) is 0 Å². The molecular formula is C12H11ClO. The van der Waals surface area contributed by atoms with Gasteiger partial charge in [-0.1, -0.05) is 29.8 Å². The van der Waals surface area contributed by atoms with Crippen molar-refractivity contribution in [3.8, 4) is 0 Å². The Balaban J connectivity index is 2.63. The number of aliphatic hydroxyl groups excluding tert-OH is 1. The molecule has 0 aliphatic heterocycles. The first-order chi connectivity index (χ1) is 6.66. The highest BCUT2D eigenvalue weighted by Gasteiger charge is 2.01. The van der Waals surface area contributed by atoms with Crippen molar-refractivity contribution in [1.29, 1.82) is 0 Å². The molecule has 0 radical (unpaired) electrons. The van der Waals surface area contributed by atoms with Crippen LogP contribution in [0.1, 0.15) is 18.6 Å². The minimum Gasteiger partial charge on any atom is -0.389 e. The number of benzene rings is 2. The molecular weight excluding hydrogens is 196 g/mol. The molecule has 0 amide bonds. The molecule has 0 saturated heterocycles. The Morgan fingerprint density at radius 2 is 1.79 bits per heavy atom. The zero-order valence-electron chi connectivity index (χ0n) is 7.87. The van der Waals surface area contributed by atoms with Crippen LogP contribution in [0.2, 0.25) is 5.02 Å². The van der Waals surface area contributed by atoms with Gasteiger partial charge in [0, 0.05) is 5.02 Å². The van der Waals surface area contributed by atoms with Crippen molar-refractivity contribution in [2.24, 2.45) is 0 Å². The fourth-order valence-electron chi connectivity index (χ4n) is 1.50. The summed E-state index contributed by atoms with van der Waals surface area (Å²) in [5, 5.41) is 12.3. The van der Waals surface area contributed by atoms with Gasteiger partial charge in [-0.05, 0) is 41.5 Å². The van der Waals surface area contributed by atoms with E-state index in [0.717, 1.165) is 21.4 Å². The van der Waals surface area contributed by atoms with Crippen molar-refractivity contribution >= 4 is 22.4 Å². The summed E-state index contributed by atoms with van der Waals surface area (Å²) in [4.78, 5) is 0. The maximum Gasteiger partial charge on any atom is 0.0762 e. The lowest BCUT2D eigenvalue weighted by molar-refractivity contribution is 0.199. The SMILES string of the molecule is C[C@H](O)c1ccc2ccc(Cl)cc2c1. The maximum atomic E-state index is 9.42. The topological polar surface area (TPSA) is 20.2 Å². The monoisotopic (exact) mass is 206 g/mol. The third-order valence-corrected chi connectivity index (χ3v) is 2.54. The van der Waals surface area contributed by atoms with Crippen molar-refractivity contribution in [2.45, 2.75) is 13.0 Å². The molecule has 0 bridgehead atoms. The summed E-state index contributed by atoms with van der Waals surface area (Å²) in [6.45, 7) is 1.76. The highest BCUT2D eigenvalue weighted by atomic mass is 35.5. The first kappa shape index (κ1) is 9.50. The number of hydrogen-bond acceptors (Lipinski definition) is 1. The van der Waals surface area contributed by atoms with Gasteiger partial charge in [0.15, 0.2) is 0 Å². The van der Waals surface area contributed by atoms with Crippen LogP contribution < -0.4 is 0 Å². The van der Waals surface area contributed by atoms with E-state index in [1.807, 2.05) is 36.4 Å². The maximum absolute atomic E-state index is 9.42. The summed E-state index contributed by atoms with van der Waals surface area (Å²) in [6, 6.07) is 11.6. The van der Waals surface area contributed by atoms with Crippen molar-refractivity contribution in [3.63, 3.8) is 0 Å². The lowest BCUT2D eigenvalue weighted by Gasteiger charge is -2.06. The van der Waals surface area contributed by atoms with E-state index >= 15 is 0 Å². The average molecular weight is 207 g/mol. The lowest BCUT2D eigenvalue weighted by Crippen LogP contribution is -1.89.